The van der Waals surface area contributed by atoms with Crippen LogP contribution in [0.3, 0.4) is 0 Å². The highest BCUT2D eigenvalue weighted by molar-refractivity contribution is 7.25. The van der Waals surface area contributed by atoms with E-state index >= 15 is 0 Å². The van der Waals surface area contributed by atoms with Crippen molar-refractivity contribution in [3.63, 3.8) is 0 Å². The molecule has 1 N–H and O–H groups in total. The Balaban J connectivity index is 1.32. The highest BCUT2D eigenvalue weighted by Gasteiger charge is 2.13. The van der Waals surface area contributed by atoms with E-state index in [1.165, 1.54) is 48.0 Å². The number of hydrogen-bond donors (Lipinski definition) is 1. The van der Waals surface area contributed by atoms with E-state index in [9.17, 15) is 0 Å². The topological polar surface area (TPSA) is 12.0 Å². The van der Waals surface area contributed by atoms with E-state index in [1.807, 2.05) is 11.3 Å². The molecule has 0 amide bonds. The zero-order valence-electron chi connectivity index (χ0n) is 20.9. The maximum absolute atomic E-state index is 3.64. The molecule has 1 aromatic heterocycles. The third kappa shape index (κ3) is 4.29. The molecule has 1 nitrogen and oxygen atoms in total. The first-order valence-corrected chi connectivity index (χ1v) is 13.3. The Morgan fingerprint density at radius 2 is 1.19 bits per heavy atom. The van der Waals surface area contributed by atoms with Gasteiger partial charge in [0.2, 0.25) is 0 Å². The van der Waals surface area contributed by atoms with Gasteiger partial charge in [0.1, 0.15) is 0 Å². The zero-order chi connectivity index (χ0) is 24.7. The summed E-state index contributed by atoms with van der Waals surface area (Å²) >= 11 is 1.86. The first-order valence-electron chi connectivity index (χ1n) is 12.4. The molecule has 6 rings (SSSR count). The molecule has 0 aliphatic heterocycles. The first kappa shape index (κ1) is 22.6. The van der Waals surface area contributed by atoms with Crippen LogP contribution in [0.15, 0.2) is 115 Å². The van der Waals surface area contributed by atoms with Crippen LogP contribution >= 0.6 is 11.3 Å². The molecule has 0 aliphatic carbocycles. The molecule has 0 saturated heterocycles. The molecular formula is C34H29NS. The minimum absolute atomic E-state index is 0.159. The summed E-state index contributed by atoms with van der Waals surface area (Å²) in [5.74, 6) is 0. The molecule has 0 radical (unpaired) electrons. The summed E-state index contributed by atoms with van der Waals surface area (Å²) in [4.78, 5) is 0. The maximum Gasteiger partial charge on any atom is 0.0390 e. The SMILES string of the molecule is CC(C)(C)c1ccc(-c2cccc(Nc3cccc(-c4cccc5sc6ccccc6c45)c3)c2)cc1. The minimum Gasteiger partial charge on any atom is -0.355 e. The number of anilines is 2. The van der Waals surface area contributed by atoms with Crippen LogP contribution in [0.4, 0.5) is 11.4 Å². The van der Waals surface area contributed by atoms with Crippen molar-refractivity contribution < 1.29 is 0 Å². The van der Waals surface area contributed by atoms with Crippen LogP contribution in [0, 0.1) is 0 Å². The Morgan fingerprint density at radius 1 is 0.556 bits per heavy atom. The quantitative estimate of drug-likeness (QED) is 0.263. The van der Waals surface area contributed by atoms with Crippen LogP contribution in [0.25, 0.3) is 42.4 Å². The van der Waals surface area contributed by atoms with Gasteiger partial charge in [-0.15, -0.1) is 11.3 Å². The van der Waals surface area contributed by atoms with E-state index in [4.69, 9.17) is 0 Å². The van der Waals surface area contributed by atoms with Gasteiger partial charge in [-0.05, 0) is 69.6 Å². The maximum atomic E-state index is 3.64. The van der Waals surface area contributed by atoms with Crippen molar-refractivity contribution in [2.45, 2.75) is 26.2 Å². The molecule has 176 valence electrons. The molecule has 5 aromatic carbocycles. The molecule has 1 heterocycles. The Labute approximate surface area is 217 Å². The number of benzene rings is 5. The number of nitrogens with one attached hydrogen (secondary N) is 1. The largest absolute Gasteiger partial charge is 0.355 e. The lowest BCUT2D eigenvalue weighted by Crippen LogP contribution is -2.10. The van der Waals surface area contributed by atoms with E-state index in [-0.39, 0.29) is 5.41 Å². The molecule has 0 spiro atoms. The van der Waals surface area contributed by atoms with Gasteiger partial charge in [0.15, 0.2) is 0 Å². The van der Waals surface area contributed by atoms with Gasteiger partial charge >= 0.3 is 0 Å². The van der Waals surface area contributed by atoms with Crippen LogP contribution in [0.5, 0.6) is 0 Å². The summed E-state index contributed by atoms with van der Waals surface area (Å²) in [7, 11) is 0. The van der Waals surface area contributed by atoms with Crippen LogP contribution in [0.2, 0.25) is 0 Å². The third-order valence-corrected chi connectivity index (χ3v) is 7.95. The monoisotopic (exact) mass is 483 g/mol. The first-order chi connectivity index (χ1) is 17.5. The minimum atomic E-state index is 0.159. The van der Waals surface area contributed by atoms with Gasteiger partial charge in [0.05, 0.1) is 0 Å². The van der Waals surface area contributed by atoms with Gasteiger partial charge in [-0.3, -0.25) is 0 Å². The lowest BCUT2D eigenvalue weighted by molar-refractivity contribution is 0.590. The standard InChI is InChI=1S/C34H29NS/c1-34(2,3)26-19-17-23(18-20-26)24-9-6-11-27(21-24)35-28-12-7-10-25(22-28)29-14-8-16-32-33(29)30-13-4-5-15-31(30)36-32/h4-22,35H,1-3H3. The van der Waals surface area contributed by atoms with Gasteiger partial charge < -0.3 is 5.32 Å². The summed E-state index contributed by atoms with van der Waals surface area (Å²) in [6, 6.07) is 41.7. The second-order valence-electron chi connectivity index (χ2n) is 10.4. The van der Waals surface area contributed by atoms with Gasteiger partial charge in [0.25, 0.3) is 0 Å². The van der Waals surface area contributed by atoms with E-state index in [0.29, 0.717) is 0 Å². The van der Waals surface area contributed by atoms with Crippen LogP contribution in [0.1, 0.15) is 26.3 Å². The molecule has 36 heavy (non-hydrogen) atoms. The van der Waals surface area contributed by atoms with Crippen LogP contribution in [-0.2, 0) is 5.41 Å². The summed E-state index contributed by atoms with van der Waals surface area (Å²) < 4.78 is 2.67. The normalized spacial score (nSPS) is 11.8. The Morgan fingerprint density at radius 3 is 1.94 bits per heavy atom. The van der Waals surface area contributed by atoms with Crippen molar-refractivity contribution >= 4 is 42.9 Å². The van der Waals surface area contributed by atoms with Gasteiger partial charge in [-0.2, -0.15) is 0 Å². The average Bonchev–Trinajstić information content (AvgIpc) is 3.27. The zero-order valence-corrected chi connectivity index (χ0v) is 21.7. The van der Waals surface area contributed by atoms with Crippen molar-refractivity contribution in [2.24, 2.45) is 0 Å². The molecule has 0 bridgehead atoms. The second-order valence-corrected chi connectivity index (χ2v) is 11.5. The fourth-order valence-electron chi connectivity index (χ4n) is 4.89. The number of rotatable bonds is 4. The van der Waals surface area contributed by atoms with Gasteiger partial charge in [-0.1, -0.05) is 99.6 Å². The molecule has 0 saturated carbocycles. The van der Waals surface area contributed by atoms with Crippen molar-refractivity contribution in [1.82, 2.24) is 0 Å². The van der Waals surface area contributed by atoms with E-state index in [1.54, 1.807) is 0 Å². The average molecular weight is 484 g/mol. The summed E-state index contributed by atoms with van der Waals surface area (Å²) in [5.41, 5.74) is 8.64. The fraction of sp³-hybridized carbons (Fsp3) is 0.118. The van der Waals surface area contributed by atoms with Gasteiger partial charge in [-0.25, -0.2) is 0 Å². The molecule has 0 aliphatic rings. The van der Waals surface area contributed by atoms with Crippen molar-refractivity contribution in [2.75, 3.05) is 5.32 Å². The Bertz CT molecular complexity index is 1680. The second kappa shape index (κ2) is 8.96. The Hall–Kier alpha value is -3.88. The van der Waals surface area contributed by atoms with Crippen molar-refractivity contribution in [1.29, 1.82) is 0 Å². The fourth-order valence-corrected chi connectivity index (χ4v) is 6.02. The van der Waals surface area contributed by atoms with Gasteiger partial charge in [0, 0.05) is 31.5 Å². The van der Waals surface area contributed by atoms with Crippen LogP contribution < -0.4 is 5.32 Å². The van der Waals surface area contributed by atoms with Crippen molar-refractivity contribution in [3.05, 3.63) is 121 Å². The number of thiophene rings is 1. The van der Waals surface area contributed by atoms with E-state index in [2.05, 4.69) is 141 Å². The summed E-state index contributed by atoms with van der Waals surface area (Å²) in [6.07, 6.45) is 0. The molecule has 2 heteroatoms. The number of hydrogen-bond acceptors (Lipinski definition) is 2. The Kier molecular flexibility index (Phi) is 5.62. The predicted octanol–water partition coefficient (Wildman–Crippen LogP) is 10.4. The number of fused-ring (bicyclic) bond motifs is 3. The molecule has 6 aromatic rings. The van der Waals surface area contributed by atoms with Crippen molar-refractivity contribution in [3.8, 4) is 22.3 Å². The highest BCUT2D eigenvalue weighted by Crippen LogP contribution is 2.40. The summed E-state index contributed by atoms with van der Waals surface area (Å²) in [6.45, 7) is 6.76. The van der Waals surface area contributed by atoms with Crippen LogP contribution in [-0.4, -0.2) is 0 Å². The third-order valence-electron chi connectivity index (χ3n) is 6.81. The predicted molar refractivity (Wildman–Crippen MR) is 159 cm³/mol. The molecule has 0 fully saturated rings. The molecule has 0 atom stereocenters. The van der Waals surface area contributed by atoms with E-state index < -0.39 is 0 Å². The lowest BCUT2D eigenvalue weighted by atomic mass is 9.86. The molecule has 0 unspecified atom stereocenters. The highest BCUT2D eigenvalue weighted by atomic mass is 32.1. The summed E-state index contributed by atoms with van der Waals surface area (Å²) in [5, 5.41) is 6.32. The van der Waals surface area contributed by atoms with E-state index in [0.717, 1.165) is 11.4 Å². The lowest BCUT2D eigenvalue weighted by Gasteiger charge is -2.19. The smallest absolute Gasteiger partial charge is 0.0390 e. The molecular weight excluding hydrogens is 454 g/mol.